The number of rotatable bonds is 1. The van der Waals surface area contributed by atoms with Crippen LogP contribution >= 0.6 is 0 Å². The Hall–Kier alpha value is -4.75. The van der Waals surface area contributed by atoms with Crippen LogP contribution in [0.25, 0.3) is 77.0 Å². The van der Waals surface area contributed by atoms with E-state index >= 15 is 0 Å². The Labute approximate surface area is 291 Å². The molecule has 1 aromatic heterocycles. The van der Waals surface area contributed by atoms with Crippen LogP contribution in [0.2, 0.25) is 0 Å². The van der Waals surface area contributed by atoms with Crippen molar-refractivity contribution in [2.45, 2.75) is 85.5 Å². The van der Waals surface area contributed by atoms with E-state index in [0.717, 1.165) is 5.69 Å². The molecule has 7 aromatic rings. The summed E-state index contributed by atoms with van der Waals surface area (Å²) in [5.74, 6) is 0. The van der Waals surface area contributed by atoms with Crippen molar-refractivity contribution in [2.24, 2.45) is 0 Å². The van der Waals surface area contributed by atoms with Crippen molar-refractivity contribution in [3.63, 3.8) is 0 Å². The summed E-state index contributed by atoms with van der Waals surface area (Å²) in [6.07, 6.45) is 1.94. The van der Waals surface area contributed by atoms with Gasteiger partial charge in [0.25, 0.3) is 0 Å². The lowest BCUT2D eigenvalue weighted by molar-refractivity contribution is 0.580. The Bertz CT molecular complexity index is 2600. The summed E-state index contributed by atoms with van der Waals surface area (Å²) in [7, 11) is 0. The number of nitrogens with zero attached hydrogens (tertiary/aromatic N) is 1. The molecular weight excluding hydrogens is 591 g/mol. The predicted octanol–water partition coefficient (Wildman–Crippen LogP) is 13.4. The van der Waals surface area contributed by atoms with Crippen molar-refractivity contribution in [3.8, 4) is 44.6 Å². The molecule has 2 aliphatic rings. The van der Waals surface area contributed by atoms with Gasteiger partial charge in [0, 0.05) is 22.7 Å². The molecule has 242 valence electrons. The molecule has 9 rings (SSSR count). The fourth-order valence-electron chi connectivity index (χ4n) is 8.91. The molecule has 6 aromatic carbocycles. The zero-order valence-electron chi connectivity index (χ0n) is 30.6. The van der Waals surface area contributed by atoms with Gasteiger partial charge in [-0.25, -0.2) is 0 Å². The lowest BCUT2D eigenvalue weighted by Crippen LogP contribution is -2.19. The second-order valence-electron chi connectivity index (χ2n) is 17.4. The van der Waals surface area contributed by atoms with Crippen LogP contribution in [0, 0.1) is 13.8 Å². The SMILES string of the molecule is Cc1ccc2c(c1)c(-c1cc(C(C)(C)C)cc3c1-c1ccc(C(C)(C)C)cc1C3(C)C)cc1c3ccc(C)c4c3c(cc21)-c1ncccc1-4. The topological polar surface area (TPSA) is 12.9 Å². The van der Waals surface area contributed by atoms with Gasteiger partial charge >= 0.3 is 0 Å². The Morgan fingerprint density at radius 3 is 1.96 bits per heavy atom. The summed E-state index contributed by atoms with van der Waals surface area (Å²) in [5.41, 5.74) is 18.6. The van der Waals surface area contributed by atoms with Gasteiger partial charge in [-0.3, -0.25) is 4.98 Å². The largest absolute Gasteiger partial charge is 0.256 e. The Morgan fingerprint density at radius 1 is 0.510 bits per heavy atom. The monoisotopic (exact) mass is 635 g/mol. The number of benzene rings is 6. The quantitative estimate of drug-likeness (QED) is 0.164. The van der Waals surface area contributed by atoms with E-state index in [2.05, 4.69) is 154 Å². The lowest BCUT2D eigenvalue weighted by Gasteiger charge is -2.28. The zero-order chi connectivity index (χ0) is 34.4. The van der Waals surface area contributed by atoms with Gasteiger partial charge in [-0.2, -0.15) is 0 Å². The van der Waals surface area contributed by atoms with E-state index < -0.39 is 0 Å². The molecule has 0 unspecified atom stereocenters. The zero-order valence-corrected chi connectivity index (χ0v) is 30.6. The van der Waals surface area contributed by atoms with Crippen molar-refractivity contribution in [1.82, 2.24) is 4.98 Å². The van der Waals surface area contributed by atoms with Crippen LogP contribution in [0.1, 0.15) is 88.8 Å². The number of aryl methyl sites for hydroxylation is 2. The fourth-order valence-corrected chi connectivity index (χ4v) is 8.91. The molecule has 0 atom stereocenters. The normalized spacial score (nSPS) is 14.5. The van der Waals surface area contributed by atoms with Crippen LogP contribution in [0.15, 0.2) is 91.1 Å². The molecule has 1 heterocycles. The first-order valence-electron chi connectivity index (χ1n) is 17.9. The Morgan fingerprint density at radius 2 is 1.20 bits per heavy atom. The third kappa shape index (κ3) is 4.14. The number of fused-ring (bicyclic) bond motifs is 10. The first-order chi connectivity index (χ1) is 23.1. The third-order valence-electron chi connectivity index (χ3n) is 11.7. The molecule has 0 bridgehead atoms. The van der Waals surface area contributed by atoms with Gasteiger partial charge in [0.15, 0.2) is 0 Å². The van der Waals surface area contributed by atoms with Gasteiger partial charge in [0.2, 0.25) is 0 Å². The van der Waals surface area contributed by atoms with Crippen LogP contribution in [-0.4, -0.2) is 4.98 Å². The van der Waals surface area contributed by atoms with Crippen LogP contribution in [0.3, 0.4) is 0 Å². The maximum absolute atomic E-state index is 4.93. The van der Waals surface area contributed by atoms with Gasteiger partial charge in [-0.1, -0.05) is 122 Å². The van der Waals surface area contributed by atoms with Crippen molar-refractivity contribution in [3.05, 3.63) is 125 Å². The lowest BCUT2D eigenvalue weighted by atomic mass is 9.76. The summed E-state index contributed by atoms with van der Waals surface area (Å²) in [6, 6.07) is 33.3. The third-order valence-corrected chi connectivity index (χ3v) is 11.7. The molecule has 0 saturated heterocycles. The highest BCUT2D eigenvalue weighted by Crippen LogP contribution is 2.56. The van der Waals surface area contributed by atoms with Gasteiger partial charge in [0.1, 0.15) is 0 Å². The highest BCUT2D eigenvalue weighted by atomic mass is 14.7. The second-order valence-corrected chi connectivity index (χ2v) is 17.4. The highest BCUT2D eigenvalue weighted by molar-refractivity contribution is 6.29. The standard InChI is InChI=1S/C48H45N/c1-26-13-16-30-34(20-26)37(24-36-31-17-14-27(2)42-33-12-11-19-49-45(33)39(44(31)42)25-35(30)36)38-21-29(47(6,7)8)23-41-43(38)32-18-15-28(46(3,4)5)22-40(32)48(41,9)10/h11-25H,1-10H3. The van der Waals surface area contributed by atoms with Crippen LogP contribution in [0.5, 0.6) is 0 Å². The van der Waals surface area contributed by atoms with E-state index in [-0.39, 0.29) is 16.2 Å². The van der Waals surface area contributed by atoms with Crippen molar-refractivity contribution >= 4 is 32.3 Å². The van der Waals surface area contributed by atoms with Gasteiger partial charge in [-0.05, 0) is 137 Å². The van der Waals surface area contributed by atoms with Gasteiger partial charge in [0.05, 0.1) is 5.69 Å². The molecule has 0 spiro atoms. The Kier molecular flexibility index (Phi) is 6.00. The molecule has 49 heavy (non-hydrogen) atoms. The number of aromatic nitrogens is 1. The minimum atomic E-state index is -0.115. The van der Waals surface area contributed by atoms with Crippen molar-refractivity contribution < 1.29 is 0 Å². The van der Waals surface area contributed by atoms with E-state index in [1.165, 1.54) is 105 Å². The predicted molar refractivity (Wildman–Crippen MR) is 211 cm³/mol. The summed E-state index contributed by atoms with van der Waals surface area (Å²) < 4.78 is 0. The molecule has 0 N–H and O–H groups in total. The summed E-state index contributed by atoms with van der Waals surface area (Å²) in [6.45, 7) is 23.4. The molecule has 0 aliphatic heterocycles. The van der Waals surface area contributed by atoms with Crippen LogP contribution < -0.4 is 0 Å². The molecule has 1 heteroatoms. The van der Waals surface area contributed by atoms with E-state index in [1.807, 2.05) is 6.20 Å². The van der Waals surface area contributed by atoms with E-state index in [0.29, 0.717) is 0 Å². The minimum Gasteiger partial charge on any atom is -0.256 e. The van der Waals surface area contributed by atoms with Gasteiger partial charge < -0.3 is 0 Å². The maximum atomic E-state index is 4.93. The molecule has 0 radical (unpaired) electrons. The second kappa shape index (κ2) is 9.69. The van der Waals surface area contributed by atoms with E-state index in [9.17, 15) is 0 Å². The van der Waals surface area contributed by atoms with E-state index in [4.69, 9.17) is 4.98 Å². The van der Waals surface area contributed by atoms with Crippen molar-refractivity contribution in [2.75, 3.05) is 0 Å². The number of hydrogen-bond acceptors (Lipinski definition) is 1. The summed E-state index contributed by atoms with van der Waals surface area (Å²) in [4.78, 5) is 4.93. The molecule has 0 saturated carbocycles. The first kappa shape index (κ1) is 30.3. The van der Waals surface area contributed by atoms with Crippen molar-refractivity contribution in [1.29, 1.82) is 0 Å². The number of hydrogen-bond donors (Lipinski definition) is 0. The fraction of sp³-hybridized carbons (Fsp3) is 0.271. The maximum Gasteiger partial charge on any atom is 0.0787 e. The highest BCUT2D eigenvalue weighted by Gasteiger charge is 2.39. The summed E-state index contributed by atoms with van der Waals surface area (Å²) in [5, 5.41) is 7.89. The molecule has 0 fully saturated rings. The van der Waals surface area contributed by atoms with Crippen LogP contribution in [-0.2, 0) is 16.2 Å². The first-order valence-corrected chi connectivity index (χ1v) is 17.9. The summed E-state index contributed by atoms with van der Waals surface area (Å²) >= 11 is 0. The molecular formula is C48H45N. The Balaban J connectivity index is 1.45. The molecule has 1 nitrogen and oxygen atoms in total. The average Bonchev–Trinajstić information content (AvgIpc) is 3.50. The number of pyridine rings is 1. The average molecular weight is 636 g/mol. The molecule has 2 aliphatic carbocycles. The minimum absolute atomic E-state index is 0.000667. The van der Waals surface area contributed by atoms with Crippen LogP contribution in [0.4, 0.5) is 0 Å². The van der Waals surface area contributed by atoms with E-state index in [1.54, 1.807) is 0 Å². The van der Waals surface area contributed by atoms with Gasteiger partial charge in [-0.15, -0.1) is 0 Å². The smallest absolute Gasteiger partial charge is 0.0787 e. The molecule has 0 amide bonds.